The van der Waals surface area contributed by atoms with Crippen LogP contribution >= 0.6 is 22.6 Å². The molecule has 0 saturated carbocycles. The highest BCUT2D eigenvalue weighted by molar-refractivity contribution is 14.1. The Hall–Kier alpha value is -0.920. The molecule has 2 aromatic rings. The van der Waals surface area contributed by atoms with Crippen LogP contribution in [-0.4, -0.2) is 16.8 Å². The van der Waals surface area contributed by atoms with E-state index in [0.717, 1.165) is 11.1 Å². The van der Waals surface area contributed by atoms with Crippen molar-refractivity contribution in [1.82, 2.24) is 4.31 Å². The Morgan fingerprint density at radius 2 is 1.38 bits per heavy atom. The van der Waals surface area contributed by atoms with E-state index in [2.05, 4.69) is 22.6 Å². The van der Waals surface area contributed by atoms with Crippen LogP contribution in [0.25, 0.3) is 0 Å². The number of rotatable bonds is 3. The van der Waals surface area contributed by atoms with E-state index in [4.69, 9.17) is 0 Å². The summed E-state index contributed by atoms with van der Waals surface area (Å²) >= 11 is 2.20. The lowest BCUT2D eigenvalue weighted by Gasteiger charge is -2.07. The lowest BCUT2D eigenvalue weighted by Crippen LogP contribution is -2.13. The van der Waals surface area contributed by atoms with Crippen molar-refractivity contribution in [3.8, 4) is 0 Å². The van der Waals surface area contributed by atoms with Gasteiger partial charge in [-0.05, 0) is 31.5 Å². The van der Waals surface area contributed by atoms with Crippen LogP contribution < -0.4 is 0 Å². The summed E-state index contributed by atoms with van der Waals surface area (Å²) in [5, 5.41) is 0. The predicted molar refractivity (Wildman–Crippen MR) is 91.9 cm³/mol. The van der Waals surface area contributed by atoms with E-state index in [1.807, 2.05) is 50.2 Å². The van der Waals surface area contributed by atoms with E-state index in [1.54, 1.807) is 16.4 Å². The van der Waals surface area contributed by atoms with E-state index in [-0.39, 0.29) is 10.1 Å². The molecule has 0 amide bonds. The van der Waals surface area contributed by atoms with Gasteiger partial charge in [-0.3, -0.25) is 0 Å². The maximum Gasteiger partial charge on any atom is 0.244 e. The zero-order chi connectivity index (χ0) is 15.2. The van der Waals surface area contributed by atoms with Crippen LogP contribution in [0.15, 0.2) is 53.4 Å². The van der Waals surface area contributed by atoms with Crippen molar-refractivity contribution in [2.75, 3.05) is 0 Å². The molecule has 3 nitrogen and oxygen atoms in total. The molecule has 0 spiro atoms. The molecule has 1 aliphatic rings. The first-order valence-corrected chi connectivity index (χ1v) is 9.41. The number of halogens is 1. The third-order valence-electron chi connectivity index (χ3n) is 3.70. The molecule has 0 aromatic heterocycles. The molecule has 21 heavy (non-hydrogen) atoms. The van der Waals surface area contributed by atoms with Crippen LogP contribution in [-0.2, 0) is 10.0 Å². The summed E-state index contributed by atoms with van der Waals surface area (Å²) < 4.78 is 26.9. The van der Waals surface area contributed by atoms with Crippen LogP contribution in [0, 0.1) is 13.8 Å². The van der Waals surface area contributed by atoms with Crippen LogP contribution in [0.5, 0.6) is 0 Å². The smallest absolute Gasteiger partial charge is 0.207 e. The summed E-state index contributed by atoms with van der Waals surface area (Å²) in [6.45, 7) is 3.98. The molecule has 1 aliphatic heterocycles. The number of sulfonamides is 1. The van der Waals surface area contributed by atoms with Gasteiger partial charge in [-0.15, -0.1) is 0 Å². The lowest BCUT2D eigenvalue weighted by molar-refractivity contribution is 0.553. The second-order valence-electron chi connectivity index (χ2n) is 5.38. The number of hydrogen-bond donors (Lipinski definition) is 0. The molecule has 1 saturated heterocycles. The first-order chi connectivity index (χ1) is 9.91. The Labute approximate surface area is 139 Å². The van der Waals surface area contributed by atoms with Gasteiger partial charge in [0.25, 0.3) is 0 Å². The van der Waals surface area contributed by atoms with E-state index >= 15 is 0 Å². The molecule has 1 unspecified atom stereocenters. The number of aryl methyl sites for hydroxylation is 2. The van der Waals surface area contributed by atoms with Gasteiger partial charge in [-0.25, -0.2) is 8.42 Å². The van der Waals surface area contributed by atoms with Crippen LogP contribution in [0.4, 0.5) is 0 Å². The van der Waals surface area contributed by atoms with E-state index in [1.165, 1.54) is 5.56 Å². The second kappa shape index (κ2) is 5.37. The fourth-order valence-electron chi connectivity index (χ4n) is 2.37. The first-order valence-electron chi connectivity index (χ1n) is 6.72. The quantitative estimate of drug-likeness (QED) is 0.332. The average molecular weight is 413 g/mol. The Morgan fingerprint density at radius 3 is 1.90 bits per heavy atom. The van der Waals surface area contributed by atoms with E-state index < -0.39 is 10.0 Å². The van der Waals surface area contributed by atoms with Gasteiger partial charge in [0.1, 0.15) is 0 Å². The molecule has 2 aromatic carbocycles. The topological polar surface area (TPSA) is 37.1 Å². The van der Waals surface area contributed by atoms with E-state index in [0.29, 0.717) is 4.90 Å². The molecule has 0 N–H and O–H groups in total. The summed E-state index contributed by atoms with van der Waals surface area (Å²) in [5.41, 5.74) is 3.29. The van der Waals surface area contributed by atoms with Crippen LogP contribution in [0.2, 0.25) is 0 Å². The standard InChI is InChI=1S/C16H16INO2S/c1-11-3-7-13(8-4-11)15-16(17)18(15)21(19,20)14-9-5-12(2)6-10-14/h3-10,15-16H,1-2H3/t15-,16-,18?/m1/s1. The first kappa shape index (κ1) is 15.0. The third kappa shape index (κ3) is 2.74. The number of hydrogen-bond acceptors (Lipinski definition) is 2. The fourth-order valence-corrected chi connectivity index (χ4v) is 5.99. The molecule has 0 radical (unpaired) electrons. The van der Waals surface area contributed by atoms with Gasteiger partial charge in [-0.1, -0.05) is 70.1 Å². The molecule has 3 atom stereocenters. The van der Waals surface area contributed by atoms with Crippen molar-refractivity contribution in [2.45, 2.75) is 28.8 Å². The molecule has 0 bridgehead atoms. The predicted octanol–water partition coefficient (Wildman–Crippen LogP) is 3.81. The summed E-state index contributed by atoms with van der Waals surface area (Å²) in [5.74, 6) is 0. The van der Waals surface area contributed by atoms with Gasteiger partial charge >= 0.3 is 0 Å². The Balaban J connectivity index is 1.91. The maximum absolute atomic E-state index is 12.7. The summed E-state index contributed by atoms with van der Waals surface area (Å²) in [7, 11) is -3.41. The maximum atomic E-state index is 12.7. The highest BCUT2D eigenvalue weighted by atomic mass is 127. The molecule has 3 rings (SSSR count). The molecule has 1 fully saturated rings. The van der Waals surface area contributed by atoms with Crippen molar-refractivity contribution >= 4 is 32.6 Å². The molecular formula is C16H16INO2S. The van der Waals surface area contributed by atoms with Crippen molar-refractivity contribution < 1.29 is 8.42 Å². The molecule has 110 valence electrons. The van der Waals surface area contributed by atoms with Gasteiger partial charge in [-0.2, -0.15) is 4.31 Å². The highest BCUT2D eigenvalue weighted by Gasteiger charge is 2.54. The van der Waals surface area contributed by atoms with Gasteiger partial charge < -0.3 is 0 Å². The summed E-state index contributed by atoms with van der Waals surface area (Å²) in [6.07, 6.45) is 0. The monoisotopic (exact) mass is 413 g/mol. The van der Waals surface area contributed by atoms with Crippen LogP contribution in [0.3, 0.4) is 0 Å². The van der Waals surface area contributed by atoms with Crippen molar-refractivity contribution in [1.29, 1.82) is 0 Å². The lowest BCUT2D eigenvalue weighted by atomic mass is 10.1. The SMILES string of the molecule is Cc1ccc([C@@H]2[C@H](I)N2S(=O)(=O)c2ccc(C)cc2)cc1. The minimum absolute atomic E-state index is 0.0170. The van der Waals surface area contributed by atoms with Gasteiger partial charge in [0.15, 0.2) is 0 Å². The van der Waals surface area contributed by atoms with Gasteiger partial charge in [0, 0.05) is 0 Å². The van der Waals surface area contributed by atoms with Crippen molar-refractivity contribution in [3.05, 3.63) is 65.2 Å². The van der Waals surface area contributed by atoms with Crippen molar-refractivity contribution in [2.24, 2.45) is 0 Å². The van der Waals surface area contributed by atoms with E-state index in [9.17, 15) is 8.42 Å². The molecule has 5 heteroatoms. The van der Waals surface area contributed by atoms with Crippen LogP contribution in [0.1, 0.15) is 22.7 Å². The minimum Gasteiger partial charge on any atom is -0.207 e. The zero-order valence-corrected chi connectivity index (χ0v) is 14.8. The summed E-state index contributed by atoms with van der Waals surface area (Å²) in [4.78, 5) is 0.365. The second-order valence-corrected chi connectivity index (χ2v) is 8.50. The Morgan fingerprint density at radius 1 is 0.905 bits per heavy atom. The number of nitrogens with zero attached hydrogens (tertiary/aromatic N) is 1. The average Bonchev–Trinajstić information content (AvgIpc) is 3.12. The third-order valence-corrected chi connectivity index (χ3v) is 7.24. The summed E-state index contributed by atoms with van der Waals surface area (Å²) in [6, 6.07) is 15.0. The molecular weight excluding hydrogens is 397 g/mol. The normalized spacial score (nSPS) is 24.8. The Bertz CT molecular complexity index is 754. The number of alkyl halides is 1. The van der Waals surface area contributed by atoms with Gasteiger partial charge in [0.05, 0.1) is 15.0 Å². The zero-order valence-electron chi connectivity index (χ0n) is 11.8. The molecule has 0 aliphatic carbocycles. The largest absolute Gasteiger partial charge is 0.244 e. The fraction of sp³-hybridized carbons (Fsp3) is 0.250. The highest BCUT2D eigenvalue weighted by Crippen LogP contribution is 2.51. The minimum atomic E-state index is -3.41. The number of benzene rings is 2. The Kier molecular flexibility index (Phi) is 3.83. The van der Waals surface area contributed by atoms with Crippen molar-refractivity contribution in [3.63, 3.8) is 0 Å². The molecule has 1 heterocycles. The van der Waals surface area contributed by atoms with Gasteiger partial charge in [0.2, 0.25) is 10.0 Å².